The first-order valence-corrected chi connectivity index (χ1v) is 60.8. The summed E-state index contributed by atoms with van der Waals surface area (Å²) in [4.78, 5) is 0. The van der Waals surface area contributed by atoms with Crippen LogP contribution in [0.4, 0.5) is 0 Å². The summed E-state index contributed by atoms with van der Waals surface area (Å²) in [6.07, 6.45) is 42.4. The lowest BCUT2D eigenvalue weighted by atomic mass is 9.62. The molecule has 134 heavy (non-hydrogen) atoms. The Morgan fingerprint density at radius 1 is 0.321 bits per heavy atom. The molecule has 4 saturated carbocycles. The molecule has 4 heteroatoms. The predicted molar refractivity (Wildman–Crippen MR) is 586 cm³/mol. The molecular formula is C130H178N2Si2. The molecule has 0 amide bonds. The number of allylic oxidation sites excluding steroid dienone is 8. The zero-order chi connectivity index (χ0) is 96.1. The van der Waals surface area contributed by atoms with Gasteiger partial charge in [-0.05, 0) is 321 Å². The van der Waals surface area contributed by atoms with Gasteiger partial charge in [-0.3, -0.25) is 0 Å². The molecule has 8 aromatic carbocycles. The van der Waals surface area contributed by atoms with Gasteiger partial charge >= 0.3 is 0 Å². The van der Waals surface area contributed by atoms with Crippen molar-refractivity contribution in [2.24, 2.45) is 35.5 Å². The van der Waals surface area contributed by atoms with Crippen LogP contribution in [-0.2, 0) is 43.3 Å². The lowest BCUT2D eigenvalue weighted by Crippen LogP contribution is -2.65. The van der Waals surface area contributed by atoms with E-state index in [0.29, 0.717) is 46.6 Å². The van der Waals surface area contributed by atoms with E-state index in [4.69, 9.17) is 0 Å². The molecule has 10 aliphatic carbocycles. The maximum absolute atomic E-state index is 3.22. The highest BCUT2D eigenvalue weighted by molar-refractivity contribution is 6.77. The molecule has 0 spiro atoms. The number of unbranched alkanes of at least 4 members (excludes halogenated alkanes) is 4. The summed E-state index contributed by atoms with van der Waals surface area (Å²) in [7, 11) is -4.06. The van der Waals surface area contributed by atoms with Gasteiger partial charge in [-0.15, -0.1) is 0 Å². The maximum Gasteiger partial charge on any atom is 0.127 e. The van der Waals surface area contributed by atoms with Gasteiger partial charge in [-0.25, -0.2) is 0 Å². The van der Waals surface area contributed by atoms with E-state index in [2.05, 4.69) is 397 Å². The van der Waals surface area contributed by atoms with Crippen LogP contribution in [0.25, 0.3) is 33.4 Å². The van der Waals surface area contributed by atoms with Crippen LogP contribution >= 0.6 is 0 Å². The van der Waals surface area contributed by atoms with Crippen molar-refractivity contribution in [3.8, 4) is 22.3 Å². The standard InChI is InChI=1S/2C65H89NSi/c2*1-16-18-37-64(38-19-17-2)55-42-49(32-36-53(55)54-33-27-45-39-44(4)60(58(45)59(54)64)67(14,15)66(63(11,12)13)50-23-21-20-22-24-50)65(46-28-25-43(3)26-29-46)56-40-47(61(5,6)7)30-34-51(56)52-35-31-48(41-57(52)65)62(8,9)10/h2*25-36,40-42,44-45,50,58,60H,16-24,37-39H2,1-15H3. The van der Waals surface area contributed by atoms with Gasteiger partial charge in [0.25, 0.3) is 0 Å². The Hall–Kier alpha value is -6.93. The molecule has 0 saturated heterocycles. The minimum Gasteiger partial charge on any atom is -0.316 e. The van der Waals surface area contributed by atoms with Crippen LogP contribution in [0.15, 0.2) is 193 Å². The average Bonchev–Trinajstić information content (AvgIpc) is 1.51. The van der Waals surface area contributed by atoms with Crippen LogP contribution in [0.2, 0.25) is 37.3 Å². The summed E-state index contributed by atoms with van der Waals surface area (Å²) < 4.78 is 6.44. The number of nitrogens with zero attached hydrogens (tertiary/aromatic N) is 2. The van der Waals surface area contributed by atoms with Crippen molar-refractivity contribution in [2.45, 2.75) is 438 Å². The molecule has 0 N–H and O–H groups in total. The molecule has 18 rings (SSSR count). The summed E-state index contributed by atoms with van der Waals surface area (Å²) in [5, 5.41) is 0. The number of hydrogen-bond donors (Lipinski definition) is 0. The quantitative estimate of drug-likeness (QED) is 0.0624. The molecule has 8 unspecified atom stereocenters. The van der Waals surface area contributed by atoms with Crippen molar-refractivity contribution in [1.82, 2.24) is 9.13 Å². The van der Waals surface area contributed by atoms with Gasteiger partial charge < -0.3 is 9.13 Å². The Morgan fingerprint density at radius 2 is 0.590 bits per heavy atom. The number of fused-ring (bicyclic) bond motifs is 14. The topological polar surface area (TPSA) is 6.48 Å². The SMILES string of the molecule is CCCCC1(CCCC)C2=C(C=CC3CC(C)C([Si](C)(C)N(C4CCCCC4)C(C)(C)C)C23)c2ccc(C3(c4ccc(C)cc4)c4cc(C(C)(C)C)ccc4-c4ccc(C(C)(C)C)cc43)cc21.CCCCC1(CCCC)C2=C(C=CC3CC(C)C([Si](C)(C)N(C4CCCCC4)C(C)(C)C)C23)c2ccc(C3(c4ccc(C)cc4)c4cc(C(C)(C)C)ccc4-c4ccc(C(C)(C)C)cc43)cc21. The summed E-state index contributed by atoms with van der Waals surface area (Å²) in [5.74, 6) is 3.85. The lowest BCUT2D eigenvalue weighted by Gasteiger charge is -2.56. The van der Waals surface area contributed by atoms with Gasteiger partial charge in [-0.2, -0.15) is 0 Å². The first-order valence-electron chi connectivity index (χ1n) is 54.7. The molecule has 0 heterocycles. The Bertz CT molecular complexity index is 5280. The molecule has 0 aliphatic heterocycles. The van der Waals surface area contributed by atoms with Crippen molar-refractivity contribution in [2.75, 3.05) is 0 Å². The normalized spacial score (nSPS) is 23.3. The number of rotatable bonds is 22. The summed E-state index contributed by atoms with van der Waals surface area (Å²) in [5.41, 5.74) is 39.6. The molecule has 2 nitrogen and oxygen atoms in total. The lowest BCUT2D eigenvalue weighted by molar-refractivity contribution is 0.138. The van der Waals surface area contributed by atoms with Gasteiger partial charge in [0.1, 0.15) is 16.5 Å². The van der Waals surface area contributed by atoms with Crippen LogP contribution in [-0.4, -0.2) is 48.8 Å². The molecule has 0 bridgehead atoms. The second kappa shape index (κ2) is 36.3. The van der Waals surface area contributed by atoms with E-state index in [0.717, 1.165) is 12.1 Å². The van der Waals surface area contributed by atoms with E-state index in [-0.39, 0.29) is 43.6 Å². The molecule has 716 valence electrons. The molecule has 0 aromatic heterocycles. The van der Waals surface area contributed by atoms with Crippen molar-refractivity contribution < 1.29 is 0 Å². The van der Waals surface area contributed by atoms with Gasteiger partial charge in [0.05, 0.1) is 10.8 Å². The summed E-state index contributed by atoms with van der Waals surface area (Å²) >= 11 is 0. The molecule has 10 aliphatic rings. The van der Waals surface area contributed by atoms with Crippen molar-refractivity contribution in [3.63, 3.8) is 0 Å². The fraction of sp³-hybridized carbons (Fsp3) is 0.569. The van der Waals surface area contributed by atoms with E-state index in [9.17, 15) is 0 Å². The van der Waals surface area contributed by atoms with Crippen LogP contribution in [0.1, 0.15) is 420 Å². The zero-order valence-electron chi connectivity index (χ0n) is 90.0. The fourth-order valence-corrected chi connectivity index (χ4v) is 43.7. The second-order valence-corrected chi connectivity index (χ2v) is 61.5. The van der Waals surface area contributed by atoms with Crippen LogP contribution < -0.4 is 0 Å². The minimum absolute atomic E-state index is 0.0177. The van der Waals surface area contributed by atoms with Gasteiger partial charge in [0, 0.05) is 34.0 Å². The molecule has 4 fully saturated rings. The zero-order valence-corrected chi connectivity index (χ0v) is 92.0. The molecule has 8 atom stereocenters. The predicted octanol–water partition coefficient (Wildman–Crippen LogP) is 36.4. The highest BCUT2D eigenvalue weighted by Crippen LogP contribution is 2.71. The minimum atomic E-state index is -2.03. The van der Waals surface area contributed by atoms with Crippen LogP contribution in [0.5, 0.6) is 0 Å². The Labute approximate surface area is 819 Å². The third kappa shape index (κ3) is 16.6. The largest absolute Gasteiger partial charge is 0.316 e. The van der Waals surface area contributed by atoms with Crippen molar-refractivity contribution in [3.05, 3.63) is 293 Å². The van der Waals surface area contributed by atoms with Gasteiger partial charge in [-0.1, -0.05) is 434 Å². The van der Waals surface area contributed by atoms with E-state index in [1.165, 1.54) is 254 Å². The number of aryl methyl sites for hydroxylation is 2. The molecular weight excluding hydrogens is 1650 g/mol. The Morgan fingerprint density at radius 3 is 0.851 bits per heavy atom. The average molecular weight is 1830 g/mol. The van der Waals surface area contributed by atoms with Gasteiger partial charge in [0.15, 0.2) is 0 Å². The second-order valence-electron chi connectivity index (χ2n) is 52.6. The third-order valence-corrected chi connectivity index (χ3v) is 46.4. The molecule has 8 aromatic rings. The van der Waals surface area contributed by atoms with Crippen molar-refractivity contribution >= 4 is 27.6 Å². The van der Waals surface area contributed by atoms with E-state index >= 15 is 0 Å². The monoisotopic (exact) mass is 1820 g/mol. The Balaban J connectivity index is 0.000000187. The van der Waals surface area contributed by atoms with Crippen LogP contribution in [0, 0.1) is 49.4 Å². The molecule has 0 radical (unpaired) electrons. The summed E-state index contributed by atoms with van der Waals surface area (Å²) in [6.45, 7) is 75.1. The highest BCUT2D eigenvalue weighted by Gasteiger charge is 2.64. The number of benzene rings is 8. The maximum atomic E-state index is 3.22. The fourth-order valence-electron chi connectivity index (χ4n) is 31.6. The van der Waals surface area contributed by atoms with E-state index < -0.39 is 27.3 Å². The highest BCUT2D eigenvalue weighted by atomic mass is 28.3. The first kappa shape index (κ1) is 98.7. The third-order valence-electron chi connectivity index (χ3n) is 36.8. The smallest absolute Gasteiger partial charge is 0.127 e. The first-order chi connectivity index (χ1) is 63.2. The summed E-state index contributed by atoms with van der Waals surface area (Å²) in [6, 6.07) is 67.2. The van der Waals surface area contributed by atoms with Gasteiger partial charge in [0.2, 0.25) is 0 Å². The van der Waals surface area contributed by atoms with E-state index in [1.54, 1.807) is 33.4 Å². The van der Waals surface area contributed by atoms with Crippen molar-refractivity contribution in [1.29, 1.82) is 0 Å². The number of hydrogen-bond acceptors (Lipinski definition) is 2. The Kier molecular flexibility index (Phi) is 26.7. The van der Waals surface area contributed by atoms with E-state index in [1.807, 2.05) is 11.1 Å². The van der Waals surface area contributed by atoms with Crippen LogP contribution in [0.3, 0.4) is 0 Å².